The first-order valence-electron chi connectivity index (χ1n) is 8.61. The minimum absolute atomic E-state index is 0.122. The summed E-state index contributed by atoms with van der Waals surface area (Å²) in [6.07, 6.45) is 1.44. The van der Waals surface area contributed by atoms with Crippen LogP contribution in [0.2, 0.25) is 0 Å². The van der Waals surface area contributed by atoms with Crippen molar-refractivity contribution in [1.82, 2.24) is 4.90 Å². The predicted molar refractivity (Wildman–Crippen MR) is 110 cm³/mol. The molecule has 2 aromatic carbocycles. The van der Waals surface area contributed by atoms with Gasteiger partial charge in [-0.3, -0.25) is 9.59 Å². The van der Waals surface area contributed by atoms with Crippen molar-refractivity contribution in [2.24, 2.45) is 0 Å². The number of ether oxygens (including phenoxy) is 1. The van der Waals surface area contributed by atoms with E-state index in [4.69, 9.17) is 9.15 Å². The second-order valence-corrected chi connectivity index (χ2v) is 6.95. The highest BCUT2D eigenvalue weighted by molar-refractivity contribution is 9.10. The second kappa shape index (κ2) is 9.23. The zero-order valence-electron chi connectivity index (χ0n) is 15.2. The maximum atomic E-state index is 12.5. The lowest BCUT2D eigenvalue weighted by Gasteiger charge is -2.18. The summed E-state index contributed by atoms with van der Waals surface area (Å²) in [6, 6.07) is 17.5. The van der Waals surface area contributed by atoms with Crippen LogP contribution in [0.5, 0.6) is 5.75 Å². The Bertz CT molecular complexity index is 922. The number of benzene rings is 2. The number of anilines is 1. The van der Waals surface area contributed by atoms with Crippen LogP contribution in [0.15, 0.2) is 75.8 Å². The Morgan fingerprint density at radius 3 is 2.43 bits per heavy atom. The van der Waals surface area contributed by atoms with Crippen LogP contribution in [0, 0.1) is 0 Å². The molecule has 1 aromatic heterocycles. The zero-order valence-corrected chi connectivity index (χ0v) is 16.8. The zero-order chi connectivity index (χ0) is 19.9. The van der Waals surface area contributed by atoms with Crippen molar-refractivity contribution in [2.45, 2.75) is 0 Å². The van der Waals surface area contributed by atoms with Gasteiger partial charge < -0.3 is 19.4 Å². The molecular formula is C21H19BrN2O4. The molecule has 0 aliphatic carbocycles. The van der Waals surface area contributed by atoms with E-state index >= 15 is 0 Å². The number of rotatable bonds is 7. The molecule has 0 aliphatic rings. The van der Waals surface area contributed by atoms with Gasteiger partial charge in [0.05, 0.1) is 12.8 Å². The monoisotopic (exact) mass is 442 g/mol. The second-order valence-electron chi connectivity index (χ2n) is 6.04. The number of amides is 2. The van der Waals surface area contributed by atoms with E-state index in [0.717, 1.165) is 10.2 Å². The first-order valence-corrected chi connectivity index (χ1v) is 9.41. The van der Waals surface area contributed by atoms with E-state index in [2.05, 4.69) is 21.2 Å². The molecule has 0 bridgehead atoms. The Balaban J connectivity index is 1.50. The third-order valence-corrected chi connectivity index (χ3v) is 4.52. The van der Waals surface area contributed by atoms with Gasteiger partial charge in [-0.15, -0.1) is 0 Å². The number of halogens is 1. The minimum atomic E-state index is -0.341. The molecule has 0 unspecified atom stereocenters. The number of carbonyl (C=O) groups excluding carboxylic acids is 2. The van der Waals surface area contributed by atoms with Crippen LogP contribution in [0.3, 0.4) is 0 Å². The summed E-state index contributed by atoms with van der Waals surface area (Å²) in [4.78, 5) is 26.1. The topological polar surface area (TPSA) is 71.8 Å². The van der Waals surface area contributed by atoms with Crippen LogP contribution in [-0.2, 0) is 0 Å². The average molecular weight is 443 g/mol. The van der Waals surface area contributed by atoms with Gasteiger partial charge in [0.25, 0.3) is 11.8 Å². The number of nitrogens with zero attached hydrogens (tertiary/aromatic N) is 1. The van der Waals surface area contributed by atoms with Crippen LogP contribution in [0.4, 0.5) is 5.69 Å². The van der Waals surface area contributed by atoms with Crippen molar-refractivity contribution in [2.75, 3.05) is 25.5 Å². The minimum Gasteiger partial charge on any atom is -0.492 e. The van der Waals surface area contributed by atoms with E-state index in [0.29, 0.717) is 24.4 Å². The normalized spacial score (nSPS) is 10.4. The van der Waals surface area contributed by atoms with Gasteiger partial charge in [-0.05, 0) is 60.7 Å². The SMILES string of the molecule is CN(CCOc1ccc(Br)cc1)C(=O)c1ccc(NC(=O)c2ccco2)cc1. The standard InChI is InChI=1S/C21H19BrN2O4/c1-24(12-14-27-18-10-6-16(22)7-11-18)21(26)15-4-8-17(9-5-15)23-20(25)19-3-2-13-28-19/h2-11,13H,12,14H2,1H3,(H,23,25). The van der Waals surface area contributed by atoms with Crippen molar-refractivity contribution in [3.63, 3.8) is 0 Å². The van der Waals surface area contributed by atoms with Crippen molar-refractivity contribution in [1.29, 1.82) is 0 Å². The molecule has 0 radical (unpaired) electrons. The Morgan fingerprint density at radius 2 is 1.79 bits per heavy atom. The highest BCUT2D eigenvalue weighted by Crippen LogP contribution is 2.16. The van der Waals surface area contributed by atoms with Crippen molar-refractivity contribution in [3.8, 4) is 5.75 Å². The summed E-state index contributed by atoms with van der Waals surface area (Å²) in [5, 5.41) is 2.72. The number of nitrogens with one attached hydrogen (secondary N) is 1. The molecule has 7 heteroatoms. The third-order valence-electron chi connectivity index (χ3n) is 3.99. The number of likely N-dealkylation sites (N-methyl/N-ethyl adjacent to an activating group) is 1. The fourth-order valence-electron chi connectivity index (χ4n) is 2.45. The molecule has 0 spiro atoms. The largest absolute Gasteiger partial charge is 0.492 e. The van der Waals surface area contributed by atoms with Crippen LogP contribution < -0.4 is 10.1 Å². The molecule has 1 N–H and O–H groups in total. The molecule has 3 aromatic rings. The summed E-state index contributed by atoms with van der Waals surface area (Å²) < 4.78 is 11.7. The Kier molecular flexibility index (Phi) is 6.49. The first-order chi connectivity index (χ1) is 13.5. The molecule has 28 heavy (non-hydrogen) atoms. The maximum absolute atomic E-state index is 12.5. The Morgan fingerprint density at radius 1 is 1.07 bits per heavy atom. The summed E-state index contributed by atoms with van der Waals surface area (Å²) in [6.45, 7) is 0.840. The Labute approximate surface area is 171 Å². The molecule has 1 heterocycles. The van der Waals surface area contributed by atoms with Gasteiger partial charge in [0.1, 0.15) is 12.4 Å². The highest BCUT2D eigenvalue weighted by atomic mass is 79.9. The van der Waals surface area contributed by atoms with Gasteiger partial charge in [0, 0.05) is 22.8 Å². The Hall–Kier alpha value is -3.06. The number of hydrogen-bond acceptors (Lipinski definition) is 4. The van der Waals surface area contributed by atoms with E-state index < -0.39 is 0 Å². The first kappa shape index (κ1) is 19.7. The van der Waals surface area contributed by atoms with Gasteiger partial charge in [-0.2, -0.15) is 0 Å². The fourth-order valence-corrected chi connectivity index (χ4v) is 2.71. The van der Waals surface area contributed by atoms with Crippen molar-refractivity contribution in [3.05, 3.63) is 82.7 Å². The molecular weight excluding hydrogens is 424 g/mol. The van der Waals surface area contributed by atoms with Crippen molar-refractivity contribution >= 4 is 33.4 Å². The molecule has 0 saturated carbocycles. The van der Waals surface area contributed by atoms with Crippen LogP contribution >= 0.6 is 15.9 Å². The molecule has 6 nitrogen and oxygen atoms in total. The summed E-state index contributed by atoms with van der Waals surface area (Å²) in [7, 11) is 1.72. The summed E-state index contributed by atoms with van der Waals surface area (Å²) in [5.74, 6) is 0.515. The summed E-state index contributed by atoms with van der Waals surface area (Å²) in [5.41, 5.74) is 1.11. The maximum Gasteiger partial charge on any atom is 0.291 e. The van der Waals surface area contributed by atoms with Crippen LogP contribution in [0.1, 0.15) is 20.9 Å². The van der Waals surface area contributed by atoms with E-state index in [1.54, 1.807) is 48.3 Å². The van der Waals surface area contributed by atoms with Gasteiger partial charge >= 0.3 is 0 Å². The lowest BCUT2D eigenvalue weighted by molar-refractivity contribution is 0.0773. The predicted octanol–water partition coefficient (Wildman–Crippen LogP) is 4.45. The number of furan rings is 1. The fraction of sp³-hybridized carbons (Fsp3) is 0.143. The summed E-state index contributed by atoms with van der Waals surface area (Å²) >= 11 is 3.37. The average Bonchev–Trinajstić information content (AvgIpc) is 3.24. The lowest BCUT2D eigenvalue weighted by atomic mass is 10.2. The van der Waals surface area contributed by atoms with E-state index in [1.807, 2.05) is 24.3 Å². The smallest absolute Gasteiger partial charge is 0.291 e. The molecule has 144 valence electrons. The van der Waals surface area contributed by atoms with E-state index in [1.165, 1.54) is 6.26 Å². The molecule has 0 fully saturated rings. The molecule has 3 rings (SSSR count). The van der Waals surface area contributed by atoms with E-state index in [-0.39, 0.29) is 17.6 Å². The van der Waals surface area contributed by atoms with Gasteiger partial charge in [0.15, 0.2) is 5.76 Å². The van der Waals surface area contributed by atoms with Gasteiger partial charge in [-0.25, -0.2) is 0 Å². The number of hydrogen-bond donors (Lipinski definition) is 1. The van der Waals surface area contributed by atoms with E-state index in [9.17, 15) is 9.59 Å². The van der Waals surface area contributed by atoms with Gasteiger partial charge in [0.2, 0.25) is 0 Å². The third kappa shape index (κ3) is 5.23. The molecule has 0 aliphatic heterocycles. The van der Waals surface area contributed by atoms with Crippen molar-refractivity contribution < 1.29 is 18.7 Å². The quantitative estimate of drug-likeness (QED) is 0.586. The van der Waals surface area contributed by atoms with Crippen LogP contribution in [0.25, 0.3) is 0 Å². The lowest BCUT2D eigenvalue weighted by Crippen LogP contribution is -2.30. The van der Waals surface area contributed by atoms with Crippen LogP contribution in [-0.4, -0.2) is 36.9 Å². The van der Waals surface area contributed by atoms with Gasteiger partial charge in [-0.1, -0.05) is 15.9 Å². The molecule has 2 amide bonds. The molecule has 0 atom stereocenters. The number of carbonyl (C=O) groups is 2. The molecule has 0 saturated heterocycles. The highest BCUT2D eigenvalue weighted by Gasteiger charge is 2.13.